The van der Waals surface area contributed by atoms with Crippen molar-refractivity contribution in [2.24, 2.45) is 0 Å². The van der Waals surface area contributed by atoms with E-state index < -0.39 is 0 Å². The fraction of sp³-hybridized carbons (Fsp3) is 0.133. The van der Waals surface area contributed by atoms with Crippen molar-refractivity contribution in [3.05, 3.63) is 131 Å². The molecule has 180 valence electrons. The number of hydrogen-bond acceptors (Lipinski definition) is 3. The SMILES string of the molecule is O=C(NCCc1ccccc1)c1ccc2c(c1)nc(COc1ccccc1)n2Cc1ccccc1F. The molecule has 5 nitrogen and oxygen atoms in total. The van der Waals surface area contributed by atoms with Crippen molar-refractivity contribution >= 4 is 16.9 Å². The normalized spacial score (nSPS) is 10.9. The van der Waals surface area contributed by atoms with Crippen LogP contribution in [0.25, 0.3) is 11.0 Å². The van der Waals surface area contributed by atoms with E-state index >= 15 is 0 Å². The van der Waals surface area contributed by atoms with Gasteiger partial charge in [0.2, 0.25) is 0 Å². The molecule has 0 unspecified atom stereocenters. The molecule has 0 bridgehead atoms. The Bertz CT molecular complexity index is 1470. The second kappa shape index (κ2) is 10.9. The van der Waals surface area contributed by atoms with Crippen molar-refractivity contribution in [3.63, 3.8) is 0 Å². The number of ether oxygens (including phenoxy) is 1. The Balaban J connectivity index is 1.39. The zero-order chi connectivity index (χ0) is 24.7. The van der Waals surface area contributed by atoms with Crippen molar-refractivity contribution in [2.45, 2.75) is 19.6 Å². The quantitative estimate of drug-likeness (QED) is 0.292. The average molecular weight is 480 g/mol. The van der Waals surface area contributed by atoms with Crippen molar-refractivity contribution in [2.75, 3.05) is 6.54 Å². The van der Waals surface area contributed by atoms with Crippen LogP contribution in [-0.2, 0) is 19.6 Å². The van der Waals surface area contributed by atoms with Gasteiger partial charge < -0.3 is 14.6 Å². The summed E-state index contributed by atoms with van der Waals surface area (Å²) in [5.41, 5.74) is 3.73. The molecule has 5 rings (SSSR count). The van der Waals surface area contributed by atoms with E-state index in [2.05, 4.69) is 5.32 Å². The number of halogens is 1. The largest absolute Gasteiger partial charge is 0.486 e. The van der Waals surface area contributed by atoms with Gasteiger partial charge in [-0.3, -0.25) is 4.79 Å². The zero-order valence-corrected chi connectivity index (χ0v) is 19.7. The van der Waals surface area contributed by atoms with E-state index in [0.29, 0.717) is 35.6 Å². The van der Waals surface area contributed by atoms with Crippen LogP contribution in [-0.4, -0.2) is 22.0 Å². The zero-order valence-electron chi connectivity index (χ0n) is 19.7. The van der Waals surface area contributed by atoms with E-state index in [1.54, 1.807) is 24.3 Å². The summed E-state index contributed by atoms with van der Waals surface area (Å²) >= 11 is 0. The molecule has 5 aromatic rings. The molecule has 1 heterocycles. The van der Waals surface area contributed by atoms with Gasteiger partial charge in [-0.2, -0.15) is 0 Å². The number of benzene rings is 4. The van der Waals surface area contributed by atoms with Gasteiger partial charge in [-0.05, 0) is 48.4 Å². The van der Waals surface area contributed by atoms with Gasteiger partial charge in [0.1, 0.15) is 24.0 Å². The predicted molar refractivity (Wildman–Crippen MR) is 138 cm³/mol. The van der Waals surface area contributed by atoms with Crippen molar-refractivity contribution in [3.8, 4) is 5.75 Å². The molecule has 0 radical (unpaired) electrons. The summed E-state index contributed by atoms with van der Waals surface area (Å²) in [7, 11) is 0. The van der Waals surface area contributed by atoms with Crippen LogP contribution >= 0.6 is 0 Å². The Morgan fingerprint density at radius 1 is 0.889 bits per heavy atom. The molecule has 4 aromatic carbocycles. The summed E-state index contributed by atoms with van der Waals surface area (Å²) in [6, 6.07) is 31.6. The summed E-state index contributed by atoms with van der Waals surface area (Å²) in [5, 5.41) is 2.98. The van der Waals surface area contributed by atoms with Gasteiger partial charge >= 0.3 is 0 Å². The second-order valence-electron chi connectivity index (χ2n) is 8.50. The fourth-order valence-electron chi connectivity index (χ4n) is 4.14. The van der Waals surface area contributed by atoms with Crippen molar-refractivity contribution < 1.29 is 13.9 Å². The van der Waals surface area contributed by atoms with Crippen LogP contribution in [0.3, 0.4) is 0 Å². The molecule has 0 fully saturated rings. The summed E-state index contributed by atoms with van der Waals surface area (Å²) < 4.78 is 22.3. The molecule has 1 N–H and O–H groups in total. The standard InChI is InChI=1S/C30H26FN3O2/c31-26-14-8-7-11-24(26)20-34-28-16-15-23(30(35)32-18-17-22-9-3-1-4-10-22)19-27(28)33-29(34)21-36-25-12-5-2-6-13-25/h1-16,19H,17-18,20-21H2,(H,32,35). The Kier molecular flexibility index (Phi) is 7.03. The summed E-state index contributed by atoms with van der Waals surface area (Å²) in [4.78, 5) is 17.6. The lowest BCUT2D eigenvalue weighted by Gasteiger charge is -2.11. The van der Waals surface area contributed by atoms with E-state index in [-0.39, 0.29) is 18.3 Å². The van der Waals surface area contributed by atoms with Crippen LogP contribution in [0, 0.1) is 5.82 Å². The first kappa shape index (κ1) is 23.3. The first-order valence-electron chi connectivity index (χ1n) is 11.9. The molecule has 1 aromatic heterocycles. The van der Waals surface area contributed by atoms with E-state index in [1.165, 1.54) is 11.6 Å². The Hall–Kier alpha value is -4.45. The van der Waals surface area contributed by atoms with Crippen LogP contribution in [0.1, 0.15) is 27.3 Å². The van der Waals surface area contributed by atoms with Crippen LogP contribution in [0.4, 0.5) is 4.39 Å². The van der Waals surface area contributed by atoms with Crippen LogP contribution in [0.15, 0.2) is 103 Å². The lowest BCUT2D eigenvalue weighted by molar-refractivity contribution is 0.0954. The first-order chi connectivity index (χ1) is 17.7. The summed E-state index contributed by atoms with van der Waals surface area (Å²) in [6.45, 7) is 1.06. The molecule has 0 aliphatic rings. The van der Waals surface area contributed by atoms with Gasteiger partial charge in [0.05, 0.1) is 17.6 Å². The second-order valence-corrected chi connectivity index (χ2v) is 8.50. The van der Waals surface area contributed by atoms with Gasteiger partial charge in [0, 0.05) is 17.7 Å². The molecule has 6 heteroatoms. The molecule has 0 aliphatic carbocycles. The number of nitrogens with zero attached hydrogens (tertiary/aromatic N) is 2. The minimum absolute atomic E-state index is 0.154. The maximum absolute atomic E-state index is 14.5. The lowest BCUT2D eigenvalue weighted by Crippen LogP contribution is -2.25. The molecule has 36 heavy (non-hydrogen) atoms. The van der Waals surface area contributed by atoms with Gasteiger partial charge in [-0.1, -0.05) is 66.7 Å². The van der Waals surface area contributed by atoms with Crippen LogP contribution in [0.2, 0.25) is 0 Å². The molecule has 0 aliphatic heterocycles. The number of rotatable bonds is 9. The number of fused-ring (bicyclic) bond motifs is 1. The lowest BCUT2D eigenvalue weighted by atomic mass is 10.1. The van der Waals surface area contributed by atoms with E-state index in [9.17, 15) is 9.18 Å². The number of imidazole rings is 1. The minimum Gasteiger partial charge on any atom is -0.486 e. The molecule has 0 spiro atoms. The monoisotopic (exact) mass is 479 g/mol. The summed E-state index contributed by atoms with van der Waals surface area (Å²) in [6.07, 6.45) is 0.757. The first-order valence-corrected chi connectivity index (χ1v) is 11.9. The molecule has 0 saturated heterocycles. The maximum Gasteiger partial charge on any atom is 0.251 e. The van der Waals surface area contributed by atoms with Gasteiger partial charge in [-0.15, -0.1) is 0 Å². The average Bonchev–Trinajstić information content (AvgIpc) is 3.26. The number of nitrogens with one attached hydrogen (secondary N) is 1. The highest BCUT2D eigenvalue weighted by Gasteiger charge is 2.16. The number of amides is 1. The molecule has 0 saturated carbocycles. The third-order valence-corrected chi connectivity index (χ3v) is 6.03. The Morgan fingerprint density at radius 2 is 1.61 bits per heavy atom. The fourth-order valence-corrected chi connectivity index (χ4v) is 4.14. The highest BCUT2D eigenvalue weighted by atomic mass is 19.1. The van der Waals surface area contributed by atoms with Gasteiger partial charge in [-0.25, -0.2) is 9.37 Å². The maximum atomic E-state index is 14.5. The van der Waals surface area contributed by atoms with Crippen LogP contribution < -0.4 is 10.1 Å². The van der Waals surface area contributed by atoms with Gasteiger partial charge in [0.25, 0.3) is 5.91 Å². The molecular weight excluding hydrogens is 453 g/mol. The number of hydrogen-bond donors (Lipinski definition) is 1. The third-order valence-electron chi connectivity index (χ3n) is 6.03. The van der Waals surface area contributed by atoms with E-state index in [1.807, 2.05) is 77.4 Å². The van der Waals surface area contributed by atoms with E-state index in [4.69, 9.17) is 9.72 Å². The van der Waals surface area contributed by atoms with Crippen molar-refractivity contribution in [1.82, 2.24) is 14.9 Å². The molecule has 0 atom stereocenters. The highest BCUT2D eigenvalue weighted by molar-refractivity contribution is 5.97. The smallest absolute Gasteiger partial charge is 0.251 e. The Morgan fingerprint density at radius 3 is 2.39 bits per heavy atom. The molecule has 1 amide bonds. The number of carbonyl (C=O) groups is 1. The Labute approximate surface area is 209 Å². The minimum atomic E-state index is -0.274. The highest BCUT2D eigenvalue weighted by Crippen LogP contribution is 2.22. The topological polar surface area (TPSA) is 56.1 Å². The number of carbonyl (C=O) groups excluding carboxylic acids is 1. The predicted octanol–water partition coefficient (Wildman–Crippen LogP) is 5.78. The van der Waals surface area contributed by atoms with Crippen molar-refractivity contribution in [1.29, 1.82) is 0 Å². The van der Waals surface area contributed by atoms with Gasteiger partial charge in [0.15, 0.2) is 0 Å². The summed E-state index contributed by atoms with van der Waals surface area (Å²) in [5.74, 6) is 0.946. The number of aromatic nitrogens is 2. The van der Waals surface area contributed by atoms with Crippen LogP contribution in [0.5, 0.6) is 5.75 Å². The number of para-hydroxylation sites is 1. The third kappa shape index (κ3) is 5.44. The van der Waals surface area contributed by atoms with E-state index in [0.717, 1.165) is 17.7 Å². The molecular formula is C30H26FN3O2.